The third-order valence-electron chi connectivity index (χ3n) is 3.75. The number of aryl methyl sites for hydroxylation is 1. The van der Waals surface area contributed by atoms with E-state index in [2.05, 4.69) is 5.32 Å². The van der Waals surface area contributed by atoms with Gasteiger partial charge in [0.25, 0.3) is 0 Å². The lowest BCUT2D eigenvalue weighted by atomic mass is 9.98. The Kier molecular flexibility index (Phi) is 7.95. The van der Waals surface area contributed by atoms with E-state index in [0.717, 1.165) is 11.1 Å². The molecule has 2 N–H and O–H groups in total. The number of amides is 2. The highest BCUT2D eigenvalue weighted by molar-refractivity contribution is 5.79. The average Bonchev–Trinajstić information content (AvgIpc) is 2.50. The first-order valence-electron chi connectivity index (χ1n) is 8.04. The van der Waals surface area contributed by atoms with E-state index in [1.165, 1.54) is 4.90 Å². The normalized spacial score (nSPS) is 11.6. The Labute approximate surface area is 142 Å². The van der Waals surface area contributed by atoms with Crippen LogP contribution in [0.1, 0.15) is 30.4 Å². The number of carbonyl (C=O) groups excluding carboxylic acids is 2. The monoisotopic (exact) mass is 334 g/mol. The lowest BCUT2D eigenvalue weighted by molar-refractivity contribution is -0.141. The van der Waals surface area contributed by atoms with Gasteiger partial charge in [-0.15, -0.1) is 0 Å². The summed E-state index contributed by atoms with van der Waals surface area (Å²) in [6, 6.07) is 7.68. The van der Waals surface area contributed by atoms with Crippen molar-refractivity contribution in [3.8, 4) is 0 Å². The fraction of sp³-hybridized carbons (Fsp3) is 0.500. The van der Waals surface area contributed by atoms with E-state index in [0.29, 0.717) is 19.3 Å². The molecule has 2 amide bonds. The van der Waals surface area contributed by atoms with Gasteiger partial charge in [-0.2, -0.15) is 0 Å². The average molecular weight is 334 g/mol. The molecule has 0 aromatic heterocycles. The van der Waals surface area contributed by atoms with Crippen molar-refractivity contribution in [2.75, 3.05) is 20.6 Å². The molecule has 1 unspecified atom stereocenters. The Morgan fingerprint density at radius 2 is 1.92 bits per heavy atom. The van der Waals surface area contributed by atoms with Crippen LogP contribution in [-0.2, 0) is 20.8 Å². The highest BCUT2D eigenvalue weighted by atomic mass is 16.4. The van der Waals surface area contributed by atoms with Crippen LogP contribution < -0.4 is 5.32 Å². The van der Waals surface area contributed by atoms with Crippen molar-refractivity contribution in [2.24, 2.45) is 5.92 Å². The quantitative estimate of drug-likeness (QED) is 0.718. The van der Waals surface area contributed by atoms with Crippen LogP contribution in [0, 0.1) is 12.8 Å². The first-order valence-corrected chi connectivity index (χ1v) is 8.04. The van der Waals surface area contributed by atoms with Gasteiger partial charge in [0.1, 0.15) is 0 Å². The number of benzene rings is 1. The molecule has 1 aromatic carbocycles. The minimum Gasteiger partial charge on any atom is -0.481 e. The van der Waals surface area contributed by atoms with E-state index in [9.17, 15) is 19.5 Å². The molecule has 0 bridgehead atoms. The second kappa shape index (κ2) is 9.70. The lowest BCUT2D eigenvalue weighted by Crippen LogP contribution is -2.34. The number of carboxylic acid groups (broad SMARTS) is 1. The summed E-state index contributed by atoms with van der Waals surface area (Å²) in [6.07, 6.45) is 1.36. The number of rotatable bonds is 9. The molecule has 6 heteroatoms. The molecule has 0 aliphatic heterocycles. The molecule has 1 rings (SSSR count). The Morgan fingerprint density at radius 1 is 1.21 bits per heavy atom. The smallest absolute Gasteiger partial charge is 0.308 e. The van der Waals surface area contributed by atoms with Gasteiger partial charge in [0.05, 0.1) is 5.92 Å². The number of nitrogens with one attached hydrogen (secondary N) is 1. The Balaban J connectivity index is 2.42. The van der Waals surface area contributed by atoms with Gasteiger partial charge in [0.15, 0.2) is 0 Å². The summed E-state index contributed by atoms with van der Waals surface area (Å²) < 4.78 is 0. The lowest BCUT2D eigenvalue weighted by Gasteiger charge is -2.14. The maximum Gasteiger partial charge on any atom is 0.308 e. The molecule has 6 nitrogen and oxygen atoms in total. The van der Waals surface area contributed by atoms with Crippen molar-refractivity contribution in [3.05, 3.63) is 35.4 Å². The number of hydrogen-bond donors (Lipinski definition) is 2. The van der Waals surface area contributed by atoms with Gasteiger partial charge in [0, 0.05) is 33.5 Å². The fourth-order valence-corrected chi connectivity index (χ4v) is 2.32. The van der Waals surface area contributed by atoms with E-state index >= 15 is 0 Å². The zero-order valence-corrected chi connectivity index (χ0v) is 14.5. The third kappa shape index (κ3) is 7.26. The van der Waals surface area contributed by atoms with Gasteiger partial charge in [-0.1, -0.05) is 29.8 Å². The van der Waals surface area contributed by atoms with E-state index in [1.807, 2.05) is 31.2 Å². The molecule has 0 radical (unpaired) electrons. The zero-order valence-electron chi connectivity index (χ0n) is 14.5. The molecule has 0 spiro atoms. The highest BCUT2D eigenvalue weighted by Crippen LogP contribution is 2.11. The van der Waals surface area contributed by atoms with Crippen LogP contribution in [0.25, 0.3) is 0 Å². The topological polar surface area (TPSA) is 86.7 Å². The van der Waals surface area contributed by atoms with Crippen LogP contribution in [0.2, 0.25) is 0 Å². The summed E-state index contributed by atoms with van der Waals surface area (Å²) in [6.45, 7) is 2.04. The van der Waals surface area contributed by atoms with Crippen molar-refractivity contribution in [1.82, 2.24) is 10.2 Å². The van der Waals surface area contributed by atoms with E-state index in [4.69, 9.17) is 0 Å². The minimum absolute atomic E-state index is 0.0225. The number of carboxylic acids is 1. The van der Waals surface area contributed by atoms with Crippen molar-refractivity contribution in [1.29, 1.82) is 0 Å². The molecule has 24 heavy (non-hydrogen) atoms. The molecule has 1 aromatic rings. The highest BCUT2D eigenvalue weighted by Gasteiger charge is 2.19. The SMILES string of the molecule is Cc1cccc(CC(CNC(=O)CCCC(=O)N(C)C)C(=O)O)c1. The Bertz CT molecular complexity index is 584. The third-order valence-corrected chi connectivity index (χ3v) is 3.75. The summed E-state index contributed by atoms with van der Waals surface area (Å²) in [5.74, 6) is -1.85. The molecular weight excluding hydrogens is 308 g/mol. The Morgan fingerprint density at radius 3 is 2.50 bits per heavy atom. The number of aliphatic carboxylic acids is 1. The molecule has 0 saturated carbocycles. The van der Waals surface area contributed by atoms with E-state index < -0.39 is 11.9 Å². The maximum atomic E-state index is 11.8. The molecule has 0 heterocycles. The largest absolute Gasteiger partial charge is 0.481 e. The van der Waals surface area contributed by atoms with Gasteiger partial charge in [-0.05, 0) is 25.3 Å². The van der Waals surface area contributed by atoms with Gasteiger partial charge < -0.3 is 15.3 Å². The van der Waals surface area contributed by atoms with Crippen molar-refractivity contribution < 1.29 is 19.5 Å². The standard InChI is InChI=1S/C18H26N2O4/c1-13-6-4-7-14(10-13)11-15(18(23)24)12-19-16(21)8-5-9-17(22)20(2)3/h4,6-7,10,15H,5,8-9,11-12H2,1-3H3,(H,19,21)(H,23,24). The maximum absolute atomic E-state index is 11.8. The predicted molar refractivity (Wildman–Crippen MR) is 91.6 cm³/mol. The summed E-state index contributed by atoms with van der Waals surface area (Å²) in [5, 5.41) is 12.0. The van der Waals surface area contributed by atoms with Gasteiger partial charge >= 0.3 is 5.97 Å². The number of nitrogens with zero attached hydrogens (tertiary/aromatic N) is 1. The second-order valence-corrected chi connectivity index (χ2v) is 6.17. The van der Waals surface area contributed by atoms with Crippen LogP contribution in [0.3, 0.4) is 0 Å². The van der Waals surface area contributed by atoms with Crippen LogP contribution in [0.5, 0.6) is 0 Å². The summed E-state index contributed by atoms with van der Waals surface area (Å²) in [7, 11) is 3.34. The van der Waals surface area contributed by atoms with Crippen LogP contribution in [0.15, 0.2) is 24.3 Å². The van der Waals surface area contributed by atoms with Gasteiger partial charge in [-0.25, -0.2) is 0 Å². The van der Waals surface area contributed by atoms with Gasteiger partial charge in [0.2, 0.25) is 11.8 Å². The van der Waals surface area contributed by atoms with Crippen molar-refractivity contribution >= 4 is 17.8 Å². The molecule has 0 saturated heterocycles. The first-order chi connectivity index (χ1) is 11.3. The number of hydrogen-bond acceptors (Lipinski definition) is 3. The van der Waals surface area contributed by atoms with Crippen LogP contribution in [-0.4, -0.2) is 48.4 Å². The molecule has 1 atom stereocenters. The van der Waals surface area contributed by atoms with Crippen molar-refractivity contribution in [3.63, 3.8) is 0 Å². The predicted octanol–water partition coefficient (Wildman–Crippen LogP) is 1.61. The Hall–Kier alpha value is -2.37. The van der Waals surface area contributed by atoms with Gasteiger partial charge in [-0.3, -0.25) is 14.4 Å². The summed E-state index contributed by atoms with van der Waals surface area (Å²) in [4.78, 5) is 36.1. The number of carbonyl (C=O) groups is 3. The fourth-order valence-electron chi connectivity index (χ4n) is 2.32. The zero-order chi connectivity index (χ0) is 18.1. The minimum atomic E-state index is -0.931. The van der Waals surface area contributed by atoms with E-state index in [1.54, 1.807) is 14.1 Å². The molecule has 132 valence electrons. The molecule has 0 aliphatic rings. The summed E-state index contributed by atoms with van der Waals surface area (Å²) in [5.41, 5.74) is 2.01. The van der Waals surface area contributed by atoms with Crippen LogP contribution in [0.4, 0.5) is 0 Å². The molecular formula is C18H26N2O4. The molecule has 0 fully saturated rings. The summed E-state index contributed by atoms with van der Waals surface area (Å²) >= 11 is 0. The van der Waals surface area contributed by atoms with E-state index in [-0.39, 0.29) is 24.8 Å². The van der Waals surface area contributed by atoms with Crippen LogP contribution >= 0.6 is 0 Å². The second-order valence-electron chi connectivity index (χ2n) is 6.17. The van der Waals surface area contributed by atoms with Crippen molar-refractivity contribution in [2.45, 2.75) is 32.6 Å². The molecule has 0 aliphatic carbocycles. The first kappa shape index (κ1) is 19.7.